The predicted molar refractivity (Wildman–Crippen MR) is 164 cm³/mol. The number of hydrogen-bond acceptors (Lipinski definition) is 3. The van der Waals surface area contributed by atoms with Crippen LogP contribution < -0.4 is 15.5 Å². The van der Waals surface area contributed by atoms with Crippen molar-refractivity contribution in [1.82, 2.24) is 5.32 Å². The topological polar surface area (TPSA) is 61.4 Å². The summed E-state index contributed by atoms with van der Waals surface area (Å²) >= 11 is 0. The van der Waals surface area contributed by atoms with Gasteiger partial charge < -0.3 is 15.5 Å². The van der Waals surface area contributed by atoms with Crippen LogP contribution in [0.5, 0.6) is 0 Å². The fraction of sp³-hybridized carbons (Fsp3) is 0.257. The molecule has 2 N–H and O–H groups in total. The molecule has 1 aliphatic heterocycles. The first-order valence-corrected chi connectivity index (χ1v) is 14.2. The Morgan fingerprint density at radius 1 is 0.825 bits per heavy atom. The third-order valence-corrected chi connectivity index (χ3v) is 7.83. The molecule has 1 atom stereocenters. The minimum atomic E-state index is -0.123. The molecule has 5 nitrogen and oxygen atoms in total. The van der Waals surface area contributed by atoms with Gasteiger partial charge in [0.1, 0.15) is 0 Å². The third kappa shape index (κ3) is 6.26. The van der Waals surface area contributed by atoms with E-state index in [2.05, 4.69) is 71.0 Å². The van der Waals surface area contributed by atoms with Gasteiger partial charge in [-0.2, -0.15) is 0 Å². The maximum atomic E-state index is 13.2. The van der Waals surface area contributed by atoms with Crippen molar-refractivity contribution >= 4 is 23.2 Å². The highest BCUT2D eigenvalue weighted by Crippen LogP contribution is 2.35. The van der Waals surface area contributed by atoms with Crippen LogP contribution in [0.25, 0.3) is 11.1 Å². The van der Waals surface area contributed by atoms with Crippen LogP contribution in [0.1, 0.15) is 47.2 Å². The summed E-state index contributed by atoms with van der Waals surface area (Å²) in [5.74, 6) is 0.180. The molecular weight excluding hydrogens is 494 g/mol. The van der Waals surface area contributed by atoms with Crippen LogP contribution in [-0.4, -0.2) is 31.4 Å². The molecule has 4 aromatic rings. The number of aryl methyl sites for hydroxylation is 1. The Labute approximate surface area is 237 Å². The second-order valence-electron chi connectivity index (χ2n) is 10.5. The molecule has 1 heterocycles. The van der Waals surface area contributed by atoms with E-state index in [1.807, 2.05) is 61.5 Å². The summed E-state index contributed by atoms with van der Waals surface area (Å²) in [4.78, 5) is 28.6. The van der Waals surface area contributed by atoms with Gasteiger partial charge in [-0.25, -0.2) is 0 Å². The lowest BCUT2D eigenvalue weighted by atomic mass is 9.79. The molecule has 5 rings (SSSR count). The number of likely N-dealkylation sites (N-methyl/N-ethyl adjacent to an activating group) is 1. The number of benzene rings is 4. The summed E-state index contributed by atoms with van der Waals surface area (Å²) in [6.45, 7) is 6.45. The number of rotatable bonds is 8. The Morgan fingerprint density at radius 3 is 2.15 bits per heavy atom. The SMILES string of the molecule is CCNC(=O)C(c1ccccc1)C1CCN(c2ccc(NC(=O)c3ccccc3-c3ccc(C)cc3)cc2)CC1. The summed E-state index contributed by atoms with van der Waals surface area (Å²) < 4.78 is 0. The van der Waals surface area contributed by atoms with Gasteiger partial charge in [0.25, 0.3) is 5.91 Å². The Morgan fingerprint density at radius 2 is 1.48 bits per heavy atom. The number of anilines is 2. The maximum Gasteiger partial charge on any atom is 0.256 e. The van der Waals surface area contributed by atoms with E-state index < -0.39 is 0 Å². The van der Waals surface area contributed by atoms with Crippen molar-refractivity contribution in [2.45, 2.75) is 32.6 Å². The van der Waals surface area contributed by atoms with Gasteiger partial charge in [-0.1, -0.05) is 78.4 Å². The van der Waals surface area contributed by atoms with Crippen molar-refractivity contribution in [3.05, 3.63) is 120 Å². The van der Waals surface area contributed by atoms with Crippen LogP contribution in [0.4, 0.5) is 11.4 Å². The normalized spacial score (nSPS) is 14.4. The number of carbonyl (C=O) groups excluding carboxylic acids is 2. The summed E-state index contributed by atoms with van der Waals surface area (Å²) in [5.41, 5.74) is 6.77. The first kappa shape index (κ1) is 27.2. The van der Waals surface area contributed by atoms with Crippen LogP contribution in [0.15, 0.2) is 103 Å². The number of nitrogens with zero attached hydrogens (tertiary/aromatic N) is 1. The van der Waals surface area contributed by atoms with Crippen molar-refractivity contribution in [1.29, 1.82) is 0 Å². The Hall–Kier alpha value is -4.38. The zero-order chi connectivity index (χ0) is 27.9. The molecule has 4 aromatic carbocycles. The minimum Gasteiger partial charge on any atom is -0.372 e. The minimum absolute atomic E-state index is 0.121. The molecule has 5 heteroatoms. The highest BCUT2D eigenvalue weighted by molar-refractivity contribution is 6.08. The van der Waals surface area contributed by atoms with Gasteiger partial charge in [0, 0.05) is 36.6 Å². The van der Waals surface area contributed by atoms with Gasteiger partial charge in [0.2, 0.25) is 5.91 Å². The number of carbonyl (C=O) groups is 2. The van der Waals surface area contributed by atoms with Crippen molar-refractivity contribution in [2.75, 3.05) is 29.9 Å². The molecule has 2 amide bonds. The molecular formula is C35H37N3O2. The average molecular weight is 532 g/mol. The van der Waals surface area contributed by atoms with Gasteiger partial charge in [0.05, 0.1) is 5.92 Å². The van der Waals surface area contributed by atoms with E-state index in [1.165, 1.54) is 5.56 Å². The van der Waals surface area contributed by atoms with Crippen LogP contribution in [0.3, 0.4) is 0 Å². The molecule has 0 bridgehead atoms. The van der Waals surface area contributed by atoms with Crippen molar-refractivity contribution in [2.24, 2.45) is 5.92 Å². The Kier molecular flexibility index (Phi) is 8.60. The number of nitrogens with one attached hydrogen (secondary N) is 2. The van der Waals surface area contributed by atoms with Crippen LogP contribution in [-0.2, 0) is 4.79 Å². The first-order chi connectivity index (χ1) is 19.5. The monoisotopic (exact) mass is 531 g/mol. The molecule has 0 aromatic heterocycles. The summed E-state index contributed by atoms with van der Waals surface area (Å²) in [5, 5.41) is 6.12. The fourth-order valence-electron chi connectivity index (χ4n) is 5.69. The fourth-order valence-corrected chi connectivity index (χ4v) is 5.69. The van der Waals surface area contributed by atoms with E-state index in [4.69, 9.17) is 0 Å². The van der Waals surface area contributed by atoms with Crippen molar-refractivity contribution in [3.63, 3.8) is 0 Å². The summed E-state index contributed by atoms with van der Waals surface area (Å²) in [6.07, 6.45) is 1.90. The highest BCUT2D eigenvalue weighted by Gasteiger charge is 2.32. The molecule has 0 aliphatic carbocycles. The largest absolute Gasteiger partial charge is 0.372 e. The summed E-state index contributed by atoms with van der Waals surface area (Å²) in [6, 6.07) is 34.2. The van der Waals surface area contributed by atoms with E-state index in [0.717, 1.165) is 54.0 Å². The van der Waals surface area contributed by atoms with Gasteiger partial charge in [-0.3, -0.25) is 9.59 Å². The number of piperidine rings is 1. The van der Waals surface area contributed by atoms with Crippen molar-refractivity contribution in [3.8, 4) is 11.1 Å². The molecule has 204 valence electrons. The molecule has 0 saturated carbocycles. The lowest BCUT2D eigenvalue weighted by Crippen LogP contribution is -2.40. The second-order valence-corrected chi connectivity index (χ2v) is 10.5. The van der Waals surface area contributed by atoms with Crippen molar-refractivity contribution < 1.29 is 9.59 Å². The number of hydrogen-bond donors (Lipinski definition) is 2. The van der Waals surface area contributed by atoms with Gasteiger partial charge in [-0.05, 0) is 79.6 Å². The van der Waals surface area contributed by atoms with Crippen LogP contribution in [0.2, 0.25) is 0 Å². The van der Waals surface area contributed by atoms with Crippen LogP contribution in [0, 0.1) is 12.8 Å². The van der Waals surface area contributed by atoms with E-state index in [-0.39, 0.29) is 17.7 Å². The van der Waals surface area contributed by atoms with Crippen LogP contribution >= 0.6 is 0 Å². The molecule has 1 aliphatic rings. The number of amides is 2. The van der Waals surface area contributed by atoms with E-state index in [0.29, 0.717) is 18.0 Å². The Bertz CT molecular complexity index is 1420. The molecule has 1 fully saturated rings. The van der Waals surface area contributed by atoms with Gasteiger partial charge >= 0.3 is 0 Å². The maximum absolute atomic E-state index is 13.2. The molecule has 1 unspecified atom stereocenters. The van der Waals surface area contributed by atoms with Gasteiger partial charge in [-0.15, -0.1) is 0 Å². The van der Waals surface area contributed by atoms with E-state index in [9.17, 15) is 9.59 Å². The quantitative estimate of drug-likeness (QED) is 0.256. The molecule has 0 spiro atoms. The lowest BCUT2D eigenvalue weighted by molar-refractivity contribution is -0.123. The molecule has 40 heavy (non-hydrogen) atoms. The second kappa shape index (κ2) is 12.6. The average Bonchev–Trinajstić information content (AvgIpc) is 2.99. The zero-order valence-electron chi connectivity index (χ0n) is 23.3. The first-order valence-electron chi connectivity index (χ1n) is 14.2. The van der Waals surface area contributed by atoms with Gasteiger partial charge in [0.15, 0.2) is 0 Å². The summed E-state index contributed by atoms with van der Waals surface area (Å²) in [7, 11) is 0. The zero-order valence-corrected chi connectivity index (χ0v) is 23.3. The standard InChI is InChI=1S/C35H37N3O2/c1-3-36-35(40)33(27-9-5-4-6-10-27)28-21-23-38(24-22-28)30-19-17-29(18-20-30)37-34(39)32-12-8-7-11-31(32)26-15-13-25(2)14-16-26/h4-20,28,33H,3,21-24H2,1-2H3,(H,36,40)(H,37,39). The Balaban J connectivity index is 1.23. The van der Waals surface area contributed by atoms with E-state index >= 15 is 0 Å². The lowest BCUT2D eigenvalue weighted by Gasteiger charge is -2.37. The molecule has 0 radical (unpaired) electrons. The predicted octanol–water partition coefficient (Wildman–Crippen LogP) is 7.05. The molecule has 1 saturated heterocycles. The highest BCUT2D eigenvalue weighted by atomic mass is 16.2. The third-order valence-electron chi connectivity index (χ3n) is 7.83. The smallest absolute Gasteiger partial charge is 0.256 e. The van der Waals surface area contributed by atoms with E-state index in [1.54, 1.807) is 0 Å².